The number of phenols is 1. The van der Waals surface area contributed by atoms with Crippen LogP contribution in [0.25, 0.3) is 16.9 Å². The number of carbonyl (C=O) groups is 4. The summed E-state index contributed by atoms with van der Waals surface area (Å²) in [5, 5.41) is 47.3. The average molecular weight is 613 g/mol. The van der Waals surface area contributed by atoms with Crippen molar-refractivity contribution in [2.75, 3.05) is 19.4 Å². The molecule has 4 aliphatic rings. The average Bonchev–Trinajstić information content (AvgIpc) is 3.79. The van der Waals surface area contributed by atoms with E-state index in [0.717, 1.165) is 12.8 Å². The van der Waals surface area contributed by atoms with Gasteiger partial charge in [-0.2, -0.15) is 5.26 Å². The molecule has 45 heavy (non-hydrogen) atoms. The van der Waals surface area contributed by atoms with Crippen LogP contribution >= 0.6 is 0 Å². The SMILES string of the molecule is CN(C)[C@@H]1C(=O)C(C(N)=O)=C(O)[C@@]2(C#N)C(=O)C3=C(O)c4c(O)ccc(-c5ccc(NC(=O)C6CC6)cc5)c4C[C@@]3(N)C[C@@]12N. The van der Waals surface area contributed by atoms with Crippen molar-refractivity contribution in [3.05, 3.63) is 64.4 Å². The monoisotopic (exact) mass is 612 g/mol. The van der Waals surface area contributed by atoms with Gasteiger partial charge in [-0.1, -0.05) is 18.2 Å². The van der Waals surface area contributed by atoms with E-state index in [1.165, 1.54) is 25.1 Å². The highest BCUT2D eigenvalue weighted by Gasteiger charge is 2.74. The molecule has 2 aromatic rings. The number of phenolic OH excluding ortho intramolecular Hbond substituents is 1. The molecule has 13 nitrogen and oxygen atoms in total. The molecule has 2 amide bonds. The van der Waals surface area contributed by atoms with E-state index in [9.17, 15) is 39.8 Å². The maximum Gasteiger partial charge on any atom is 0.255 e. The van der Waals surface area contributed by atoms with Crippen LogP contribution in [0.1, 0.15) is 30.4 Å². The first kappa shape index (κ1) is 30.0. The predicted molar refractivity (Wildman–Crippen MR) is 161 cm³/mol. The highest BCUT2D eigenvalue weighted by molar-refractivity contribution is 6.25. The van der Waals surface area contributed by atoms with Crippen LogP contribution in [0.5, 0.6) is 5.75 Å². The lowest BCUT2D eigenvalue weighted by molar-refractivity contribution is -0.139. The third-order valence-electron chi connectivity index (χ3n) is 9.55. The maximum atomic E-state index is 14.5. The first-order valence-corrected chi connectivity index (χ1v) is 14.3. The number of hydrogen-bond acceptors (Lipinski definition) is 11. The van der Waals surface area contributed by atoms with E-state index in [-0.39, 0.29) is 29.6 Å². The Hall–Kier alpha value is -5.03. The second-order valence-electron chi connectivity index (χ2n) is 12.6. The molecule has 0 unspecified atom stereocenters. The molecule has 0 radical (unpaired) electrons. The predicted octanol–water partition coefficient (Wildman–Crippen LogP) is 0.921. The third kappa shape index (κ3) is 3.96. The quantitative estimate of drug-likeness (QED) is 0.234. The van der Waals surface area contributed by atoms with Crippen molar-refractivity contribution in [1.82, 2.24) is 4.90 Å². The largest absolute Gasteiger partial charge is 0.509 e. The van der Waals surface area contributed by atoms with E-state index >= 15 is 0 Å². The van der Waals surface area contributed by atoms with Crippen molar-refractivity contribution in [2.45, 2.75) is 42.8 Å². The van der Waals surface area contributed by atoms with Gasteiger partial charge in [0.05, 0.1) is 34.3 Å². The number of likely N-dealkylation sites (N-methyl/N-ethyl adjacent to an activating group) is 1. The van der Waals surface area contributed by atoms with E-state index < -0.39 is 69.1 Å². The molecule has 0 saturated heterocycles. The molecular formula is C32H32N6O7. The lowest BCUT2D eigenvalue weighted by Crippen LogP contribution is -2.80. The number of primary amides is 1. The molecule has 2 aromatic carbocycles. The van der Waals surface area contributed by atoms with Crippen LogP contribution in [0.3, 0.4) is 0 Å². The molecule has 0 spiro atoms. The summed E-state index contributed by atoms with van der Waals surface area (Å²) >= 11 is 0. The summed E-state index contributed by atoms with van der Waals surface area (Å²) in [6.07, 6.45) is 1.08. The number of fused-ring (bicyclic) bond motifs is 3. The first-order chi connectivity index (χ1) is 21.1. The number of benzene rings is 2. The number of rotatable bonds is 5. The second-order valence-corrected chi connectivity index (χ2v) is 12.6. The van der Waals surface area contributed by atoms with Crippen LogP contribution in [-0.2, 0) is 25.6 Å². The maximum absolute atomic E-state index is 14.5. The molecule has 0 aliphatic heterocycles. The van der Waals surface area contributed by atoms with Crippen molar-refractivity contribution in [3.63, 3.8) is 0 Å². The number of nitrogens with one attached hydrogen (secondary N) is 1. The minimum Gasteiger partial charge on any atom is -0.509 e. The standard InChI is InChI=1S/C32H32N6O7/c1-38(2)25-24(41)21(28(34)44)26(42)31(13-33)27(43)22-23(40)20-18(11-30(22,35)12-32(25,31)36)17(9-10-19(20)39)14-5-7-16(8-6-14)37-29(45)15-3-4-15/h5-10,15,25,39-40,42H,3-4,11-12,35-36H2,1-2H3,(H2,34,44)(H,37,45)/t25-,30-,31+,32-/m1/s1. The minimum absolute atomic E-state index is 0.0219. The van der Waals surface area contributed by atoms with E-state index in [1.807, 2.05) is 0 Å². The molecular weight excluding hydrogens is 580 g/mol. The van der Waals surface area contributed by atoms with Gasteiger partial charge in [0, 0.05) is 11.6 Å². The molecule has 13 heteroatoms. The van der Waals surface area contributed by atoms with Crippen LogP contribution < -0.4 is 22.5 Å². The molecule has 6 rings (SSSR count). The van der Waals surface area contributed by atoms with Crippen LogP contribution in [0, 0.1) is 22.7 Å². The van der Waals surface area contributed by atoms with Crippen molar-refractivity contribution < 1.29 is 34.5 Å². The summed E-state index contributed by atoms with van der Waals surface area (Å²) in [6.45, 7) is 0. The third-order valence-corrected chi connectivity index (χ3v) is 9.55. The van der Waals surface area contributed by atoms with Gasteiger partial charge in [0.1, 0.15) is 22.8 Å². The van der Waals surface area contributed by atoms with E-state index in [1.54, 1.807) is 36.4 Å². The zero-order valence-corrected chi connectivity index (χ0v) is 24.5. The Balaban J connectivity index is 1.54. The smallest absolute Gasteiger partial charge is 0.255 e. The Bertz CT molecular complexity index is 1840. The highest BCUT2D eigenvalue weighted by atomic mass is 16.3. The highest BCUT2D eigenvalue weighted by Crippen LogP contribution is 2.58. The fourth-order valence-corrected chi connectivity index (χ4v) is 7.43. The van der Waals surface area contributed by atoms with Crippen LogP contribution in [0.4, 0.5) is 5.69 Å². The number of Topliss-reactive ketones (excluding diaryl/α,β-unsaturated/α-hetero) is 2. The second kappa shape index (κ2) is 9.73. The van der Waals surface area contributed by atoms with Crippen molar-refractivity contribution in [1.29, 1.82) is 5.26 Å². The number of anilines is 1. The van der Waals surface area contributed by atoms with Gasteiger partial charge in [-0.05, 0) is 74.7 Å². The lowest BCUT2D eigenvalue weighted by Gasteiger charge is -2.58. The normalized spacial score (nSPS) is 29.1. The topological polar surface area (TPSA) is 246 Å². The van der Waals surface area contributed by atoms with Gasteiger partial charge in [0.15, 0.2) is 17.0 Å². The number of carbonyl (C=O) groups excluding carboxylic acids is 4. The lowest BCUT2D eigenvalue weighted by atomic mass is 9.47. The van der Waals surface area contributed by atoms with E-state index in [0.29, 0.717) is 22.4 Å². The summed E-state index contributed by atoms with van der Waals surface area (Å²) < 4.78 is 0. The Morgan fingerprint density at radius 2 is 1.69 bits per heavy atom. The summed E-state index contributed by atoms with van der Waals surface area (Å²) in [7, 11) is 2.92. The molecule has 10 N–H and O–H groups in total. The molecule has 0 heterocycles. The van der Waals surface area contributed by atoms with Crippen molar-refractivity contribution >= 4 is 34.8 Å². The van der Waals surface area contributed by atoms with E-state index in [4.69, 9.17) is 17.2 Å². The van der Waals surface area contributed by atoms with Gasteiger partial charge in [-0.3, -0.25) is 24.1 Å². The van der Waals surface area contributed by atoms with Gasteiger partial charge in [0.2, 0.25) is 5.91 Å². The number of amides is 2. The Morgan fingerprint density at radius 3 is 2.24 bits per heavy atom. The molecule has 0 aromatic heterocycles. The molecule has 2 fully saturated rings. The number of nitrogens with zero attached hydrogens (tertiary/aromatic N) is 2. The summed E-state index contributed by atoms with van der Waals surface area (Å²) in [6, 6.07) is 10.2. The summed E-state index contributed by atoms with van der Waals surface area (Å²) in [5.74, 6) is -5.87. The van der Waals surface area contributed by atoms with Gasteiger partial charge in [-0.15, -0.1) is 0 Å². The molecule has 232 valence electrons. The molecule has 4 aliphatic carbocycles. The van der Waals surface area contributed by atoms with Crippen LogP contribution in [0.15, 0.2) is 53.3 Å². The fourth-order valence-electron chi connectivity index (χ4n) is 7.43. The van der Waals surface area contributed by atoms with Gasteiger partial charge >= 0.3 is 0 Å². The summed E-state index contributed by atoms with van der Waals surface area (Å²) in [5.41, 5.74) is 13.2. The number of nitriles is 1. The zero-order chi connectivity index (χ0) is 32.8. The number of aromatic hydroxyl groups is 1. The van der Waals surface area contributed by atoms with Gasteiger partial charge in [0.25, 0.3) is 5.91 Å². The van der Waals surface area contributed by atoms with Crippen molar-refractivity contribution in [3.8, 4) is 22.9 Å². The van der Waals surface area contributed by atoms with E-state index in [2.05, 4.69) is 5.32 Å². The van der Waals surface area contributed by atoms with Crippen LogP contribution in [-0.4, -0.2) is 74.8 Å². The Morgan fingerprint density at radius 1 is 1.04 bits per heavy atom. The number of ketones is 2. The minimum atomic E-state index is -2.72. The Labute approximate surface area is 257 Å². The molecule has 2 saturated carbocycles. The van der Waals surface area contributed by atoms with Gasteiger partial charge in [-0.25, -0.2) is 0 Å². The molecule has 0 bridgehead atoms. The summed E-state index contributed by atoms with van der Waals surface area (Å²) in [4.78, 5) is 53.9. The Kier molecular flexibility index (Phi) is 6.49. The fraction of sp³-hybridized carbons (Fsp3) is 0.344. The number of hydrogen-bond donors (Lipinski definition) is 7. The molecule has 4 atom stereocenters. The first-order valence-electron chi connectivity index (χ1n) is 14.3. The zero-order valence-electron chi connectivity index (χ0n) is 24.5. The van der Waals surface area contributed by atoms with Gasteiger partial charge < -0.3 is 37.8 Å². The number of nitrogens with two attached hydrogens (primary N) is 3. The number of aliphatic hydroxyl groups excluding tert-OH is 2. The van der Waals surface area contributed by atoms with Crippen LogP contribution in [0.2, 0.25) is 0 Å². The number of aliphatic hydroxyl groups is 2. The van der Waals surface area contributed by atoms with Crippen molar-refractivity contribution in [2.24, 2.45) is 28.5 Å².